The van der Waals surface area contributed by atoms with Gasteiger partial charge >= 0.3 is 0 Å². The zero-order valence-electron chi connectivity index (χ0n) is 35.3. The number of ether oxygens (including phenoxy) is 1. The monoisotopic (exact) mass is 882 g/mol. The number of nitrogens with one attached hydrogen (secondary N) is 1. The van der Waals surface area contributed by atoms with E-state index in [1.807, 2.05) is 24.3 Å². The van der Waals surface area contributed by atoms with Crippen molar-refractivity contribution in [2.75, 3.05) is 73.6 Å². The highest BCUT2D eigenvalue weighted by Crippen LogP contribution is 2.37. The highest BCUT2D eigenvalue weighted by molar-refractivity contribution is 6.23. The lowest BCUT2D eigenvalue weighted by Gasteiger charge is -2.40. The lowest BCUT2D eigenvalue weighted by molar-refractivity contribution is -0.136. The van der Waals surface area contributed by atoms with E-state index in [4.69, 9.17) is 9.72 Å². The summed E-state index contributed by atoms with van der Waals surface area (Å²) in [7, 11) is 0. The van der Waals surface area contributed by atoms with Gasteiger partial charge < -0.3 is 19.4 Å². The molecule has 4 saturated heterocycles. The zero-order chi connectivity index (χ0) is 44.9. The number of piperidine rings is 2. The normalized spacial score (nSPS) is 20.7. The van der Waals surface area contributed by atoms with Crippen molar-refractivity contribution >= 4 is 51.7 Å². The number of carbonyl (C=O) groups is 4. The molecule has 4 fully saturated rings. The van der Waals surface area contributed by atoms with Crippen LogP contribution in [-0.2, 0) is 9.59 Å². The quantitative estimate of drug-likeness (QED) is 0.204. The standard InChI is InChI=1S/C47H44F2N10O6/c48-29-13-16-57(26-29)39-7-5-37(49)43(36(39)23-50)65-32-3-6-38-35(22-32)45(62)58(27-52-38)31-2-9-41(51-24-31)56-14-11-28(12-15-56)25-54-17-19-55(20-18-54)30-1-4-33-34(21-30)47(64)59(46(33)63)40-8-10-42(60)53-44(40)61/h1-7,9,21-22,24,27-29,40H,8,10-20,25-26H2,(H,53,60,61)/t29-,40?/m1/s1. The molecule has 3 aromatic carbocycles. The first-order chi connectivity index (χ1) is 31.5. The van der Waals surface area contributed by atoms with Crippen LogP contribution in [0.15, 0.2) is 78.0 Å². The van der Waals surface area contributed by atoms with Crippen molar-refractivity contribution in [2.24, 2.45) is 5.92 Å². The number of piperazine rings is 1. The fraction of sp³-hybridized carbons (Fsp3) is 0.362. The molecule has 65 heavy (non-hydrogen) atoms. The molecule has 0 aliphatic carbocycles. The molecule has 0 radical (unpaired) electrons. The van der Waals surface area contributed by atoms with E-state index in [1.54, 1.807) is 35.4 Å². The van der Waals surface area contributed by atoms with Crippen LogP contribution in [0.1, 0.15) is 58.4 Å². The molecule has 7 heterocycles. The van der Waals surface area contributed by atoms with Crippen molar-refractivity contribution in [3.8, 4) is 23.3 Å². The highest BCUT2D eigenvalue weighted by Gasteiger charge is 2.45. The molecule has 2 atom stereocenters. The van der Waals surface area contributed by atoms with Gasteiger partial charge in [0.15, 0.2) is 11.6 Å². The Labute approximate surface area is 371 Å². The number of anilines is 3. The molecule has 18 heteroatoms. The van der Waals surface area contributed by atoms with E-state index in [0.717, 1.165) is 75.1 Å². The van der Waals surface area contributed by atoms with Gasteiger partial charge in [-0.05, 0) is 92.3 Å². The van der Waals surface area contributed by atoms with E-state index in [2.05, 4.69) is 25.0 Å². The van der Waals surface area contributed by atoms with Gasteiger partial charge in [-0.25, -0.2) is 18.7 Å². The average Bonchev–Trinajstić information content (AvgIpc) is 3.86. The molecule has 4 amide bonds. The minimum atomic E-state index is -1.04. The Morgan fingerprint density at radius 1 is 0.785 bits per heavy atom. The van der Waals surface area contributed by atoms with Crippen LogP contribution in [0.5, 0.6) is 11.5 Å². The maximum absolute atomic E-state index is 15.1. The van der Waals surface area contributed by atoms with Gasteiger partial charge in [0.2, 0.25) is 11.8 Å². The van der Waals surface area contributed by atoms with Gasteiger partial charge in [-0.3, -0.25) is 43.7 Å². The number of benzene rings is 3. The predicted molar refractivity (Wildman–Crippen MR) is 235 cm³/mol. The number of amides is 4. The molecular formula is C47H44F2N10O6. The molecular weight excluding hydrogens is 839 g/mol. The summed E-state index contributed by atoms with van der Waals surface area (Å²) in [6, 6.07) is 17.3. The minimum absolute atomic E-state index is 0.0490. The topological polar surface area (TPSA) is 177 Å². The zero-order valence-corrected chi connectivity index (χ0v) is 35.3. The number of aromatic nitrogens is 3. The number of imide groups is 2. The first-order valence-corrected chi connectivity index (χ1v) is 21.9. The number of pyridine rings is 1. The highest BCUT2D eigenvalue weighted by atomic mass is 19.1. The first kappa shape index (κ1) is 41.7. The van der Waals surface area contributed by atoms with E-state index in [0.29, 0.717) is 35.8 Å². The summed E-state index contributed by atoms with van der Waals surface area (Å²) in [4.78, 5) is 83.2. The third-order valence-corrected chi connectivity index (χ3v) is 13.2. The van der Waals surface area contributed by atoms with E-state index >= 15 is 4.39 Å². The molecule has 5 aliphatic rings. The Morgan fingerprint density at radius 2 is 1.55 bits per heavy atom. The van der Waals surface area contributed by atoms with Crippen LogP contribution in [0.3, 0.4) is 0 Å². The van der Waals surface area contributed by atoms with Gasteiger partial charge in [0.1, 0.15) is 41.7 Å². The Balaban J connectivity index is 0.736. The van der Waals surface area contributed by atoms with Gasteiger partial charge in [-0.15, -0.1) is 0 Å². The van der Waals surface area contributed by atoms with Crippen molar-refractivity contribution in [1.82, 2.24) is 29.7 Å². The number of nitriles is 1. The molecule has 5 aliphatic heterocycles. The Kier molecular flexibility index (Phi) is 10.9. The molecule has 332 valence electrons. The second kappa shape index (κ2) is 17.0. The van der Waals surface area contributed by atoms with Gasteiger partial charge in [-0.2, -0.15) is 5.26 Å². The molecule has 1 N–H and O–H groups in total. The number of hydrogen-bond donors (Lipinski definition) is 1. The summed E-state index contributed by atoms with van der Waals surface area (Å²) >= 11 is 0. The van der Waals surface area contributed by atoms with Crippen LogP contribution in [-0.4, -0.2) is 119 Å². The minimum Gasteiger partial charge on any atom is -0.453 e. The van der Waals surface area contributed by atoms with Gasteiger partial charge in [0.25, 0.3) is 17.4 Å². The number of nitrogens with zero attached hydrogens (tertiary/aromatic N) is 9. The van der Waals surface area contributed by atoms with Crippen LogP contribution >= 0.6 is 0 Å². The third-order valence-electron chi connectivity index (χ3n) is 13.2. The van der Waals surface area contributed by atoms with E-state index in [-0.39, 0.29) is 58.5 Å². The summed E-state index contributed by atoms with van der Waals surface area (Å²) < 4.78 is 36.4. The van der Waals surface area contributed by atoms with Crippen molar-refractivity contribution in [2.45, 2.75) is 44.3 Å². The van der Waals surface area contributed by atoms with Crippen LogP contribution in [0.4, 0.5) is 26.0 Å². The fourth-order valence-electron chi connectivity index (χ4n) is 9.68. The number of carbonyl (C=O) groups excluding carboxylic acids is 4. The Bertz CT molecular complexity index is 2850. The van der Waals surface area contributed by atoms with Crippen LogP contribution in [0, 0.1) is 23.1 Å². The maximum Gasteiger partial charge on any atom is 0.265 e. The molecule has 1 unspecified atom stereocenters. The van der Waals surface area contributed by atoms with Crippen LogP contribution < -0.4 is 30.3 Å². The molecule has 0 saturated carbocycles. The average molecular weight is 883 g/mol. The van der Waals surface area contributed by atoms with Crippen molar-refractivity contribution in [1.29, 1.82) is 5.26 Å². The molecule has 0 spiro atoms. The Morgan fingerprint density at radius 3 is 2.28 bits per heavy atom. The molecule has 16 nitrogen and oxygen atoms in total. The molecule has 10 rings (SSSR count). The van der Waals surface area contributed by atoms with Crippen molar-refractivity contribution in [3.05, 3.63) is 106 Å². The summed E-state index contributed by atoms with van der Waals surface area (Å²) in [5.41, 5.74) is 2.29. The van der Waals surface area contributed by atoms with Gasteiger partial charge in [0.05, 0.1) is 39.6 Å². The largest absolute Gasteiger partial charge is 0.453 e. The van der Waals surface area contributed by atoms with Crippen LogP contribution in [0.25, 0.3) is 16.6 Å². The van der Waals surface area contributed by atoms with E-state index in [1.165, 1.54) is 29.1 Å². The molecule has 5 aromatic rings. The summed E-state index contributed by atoms with van der Waals surface area (Å²) in [6.07, 6.45) is 4.53. The van der Waals surface area contributed by atoms with Crippen molar-refractivity contribution < 1.29 is 32.7 Å². The third kappa shape index (κ3) is 7.90. The summed E-state index contributed by atoms with van der Waals surface area (Å²) in [5, 5.41) is 12.4. The summed E-state index contributed by atoms with van der Waals surface area (Å²) in [6.45, 7) is 6.36. The maximum atomic E-state index is 15.1. The van der Waals surface area contributed by atoms with Crippen molar-refractivity contribution in [3.63, 3.8) is 0 Å². The molecule has 0 bridgehead atoms. The molecule has 2 aromatic heterocycles. The van der Waals surface area contributed by atoms with Gasteiger partial charge in [-0.1, -0.05) is 0 Å². The smallest absolute Gasteiger partial charge is 0.265 e. The number of hydrogen-bond acceptors (Lipinski definition) is 13. The Hall–Kier alpha value is -7.26. The fourth-order valence-corrected chi connectivity index (χ4v) is 9.68. The summed E-state index contributed by atoms with van der Waals surface area (Å²) in [5.74, 6) is -1.65. The second-order valence-electron chi connectivity index (χ2n) is 17.2. The lowest BCUT2D eigenvalue weighted by Crippen LogP contribution is -2.54. The van der Waals surface area contributed by atoms with Crippen LogP contribution in [0.2, 0.25) is 0 Å². The number of halogens is 2. The van der Waals surface area contributed by atoms with E-state index < -0.39 is 41.7 Å². The second-order valence-corrected chi connectivity index (χ2v) is 17.2. The van der Waals surface area contributed by atoms with E-state index in [9.17, 15) is 33.6 Å². The SMILES string of the molecule is N#Cc1c(N2CC[C@@H](F)C2)ccc(F)c1Oc1ccc2ncn(-c3ccc(N4CCC(CN5CCN(c6ccc7c(c6)C(=O)N(C6CCC(=O)NC6=O)C7=O)CC5)CC4)nc3)c(=O)c2c1. The first-order valence-electron chi connectivity index (χ1n) is 21.9. The lowest BCUT2D eigenvalue weighted by atomic mass is 9.96. The van der Waals surface area contributed by atoms with Gasteiger partial charge in [0, 0.05) is 71.0 Å². The number of fused-ring (bicyclic) bond motifs is 2. The number of rotatable bonds is 9. The number of alkyl halides is 1. The predicted octanol–water partition coefficient (Wildman–Crippen LogP) is 4.57.